The molecule has 0 amide bonds. The van der Waals surface area contributed by atoms with Gasteiger partial charge in [0.05, 0.1) is 22.4 Å². The number of aromatic nitrogens is 1. The van der Waals surface area contributed by atoms with Crippen LogP contribution in [0.15, 0.2) is 179 Å². The first-order valence-corrected chi connectivity index (χ1v) is 18.5. The number of anilines is 3. The lowest BCUT2D eigenvalue weighted by Gasteiger charge is -2.31. The first-order chi connectivity index (χ1) is 26.5. The summed E-state index contributed by atoms with van der Waals surface area (Å²) in [5, 5.41) is 4.44. The fourth-order valence-electron chi connectivity index (χ4n) is 8.79. The molecule has 1 aliphatic rings. The summed E-state index contributed by atoms with van der Waals surface area (Å²) in [5.41, 5.74) is 14.6. The SMILES string of the molecule is CC1(C)c2ccccc2-c2c(N(c3ccccc3-c3cccc4ccccc34)c3cccc4oc5cc6oc(-c7ccccc7)nc6cc5c34)cccc21. The van der Waals surface area contributed by atoms with Crippen molar-refractivity contribution in [2.75, 3.05) is 4.90 Å². The van der Waals surface area contributed by atoms with Crippen molar-refractivity contribution in [1.29, 1.82) is 0 Å². The first-order valence-electron chi connectivity index (χ1n) is 18.5. The van der Waals surface area contributed by atoms with Crippen LogP contribution in [-0.2, 0) is 5.41 Å². The maximum absolute atomic E-state index is 6.68. The van der Waals surface area contributed by atoms with Crippen LogP contribution in [0.25, 0.3) is 77.5 Å². The van der Waals surface area contributed by atoms with E-state index in [-0.39, 0.29) is 5.41 Å². The highest BCUT2D eigenvalue weighted by atomic mass is 16.4. The number of oxazole rings is 1. The third-order valence-electron chi connectivity index (χ3n) is 11.3. The van der Waals surface area contributed by atoms with Crippen molar-refractivity contribution >= 4 is 60.9 Å². The van der Waals surface area contributed by atoms with Gasteiger partial charge in [0.25, 0.3) is 0 Å². The molecule has 0 atom stereocenters. The first kappa shape index (κ1) is 30.7. The average molecular weight is 695 g/mol. The molecule has 54 heavy (non-hydrogen) atoms. The van der Waals surface area contributed by atoms with Crippen LogP contribution in [0.1, 0.15) is 25.0 Å². The summed E-state index contributed by atoms with van der Waals surface area (Å²) in [7, 11) is 0. The van der Waals surface area contributed by atoms with Crippen LogP contribution in [0, 0.1) is 0 Å². The number of para-hydroxylation sites is 1. The Morgan fingerprint density at radius 1 is 0.481 bits per heavy atom. The molecule has 0 aliphatic heterocycles. The highest BCUT2D eigenvalue weighted by molar-refractivity contribution is 6.17. The Morgan fingerprint density at radius 2 is 1.15 bits per heavy atom. The lowest BCUT2D eigenvalue weighted by atomic mass is 9.82. The predicted molar refractivity (Wildman–Crippen MR) is 222 cm³/mol. The summed E-state index contributed by atoms with van der Waals surface area (Å²) < 4.78 is 13.0. The summed E-state index contributed by atoms with van der Waals surface area (Å²) in [6, 6.07) is 60.3. The van der Waals surface area contributed by atoms with E-state index in [4.69, 9.17) is 13.8 Å². The molecule has 0 radical (unpaired) electrons. The van der Waals surface area contributed by atoms with Gasteiger partial charge in [0.2, 0.25) is 5.89 Å². The number of hydrogen-bond acceptors (Lipinski definition) is 4. The summed E-state index contributed by atoms with van der Waals surface area (Å²) >= 11 is 0. The number of fused-ring (bicyclic) bond motifs is 8. The molecule has 4 nitrogen and oxygen atoms in total. The van der Waals surface area contributed by atoms with Crippen LogP contribution in [-0.4, -0.2) is 4.98 Å². The molecule has 0 fully saturated rings. The number of hydrogen-bond donors (Lipinski definition) is 0. The normalized spacial score (nSPS) is 13.1. The number of benzene rings is 8. The van der Waals surface area contributed by atoms with Gasteiger partial charge in [-0.15, -0.1) is 0 Å². The number of nitrogens with zero attached hydrogens (tertiary/aromatic N) is 2. The van der Waals surface area contributed by atoms with E-state index in [0.717, 1.165) is 55.6 Å². The van der Waals surface area contributed by atoms with Crippen molar-refractivity contribution < 1.29 is 8.83 Å². The van der Waals surface area contributed by atoms with E-state index in [0.29, 0.717) is 11.5 Å². The van der Waals surface area contributed by atoms with E-state index >= 15 is 0 Å². The number of furan rings is 1. The monoisotopic (exact) mass is 694 g/mol. The molecular weight excluding hydrogens is 661 g/mol. The standard InChI is InChI=1S/C50H34N2O2/c1-50(2)38-23-10-8-21-36(38)47-39(50)24-13-26-42(47)52(41-25-11-9-20-35(41)34-22-12-18-31-15-6-7-19-33(31)34)43-27-14-28-44-48(43)37-29-40-46(30-45(37)53-44)54-49(51-40)32-16-4-3-5-17-32/h3-30H,1-2H3. The third kappa shape index (κ3) is 4.47. The molecule has 0 N–H and O–H groups in total. The van der Waals surface area contributed by atoms with E-state index in [2.05, 4.69) is 152 Å². The smallest absolute Gasteiger partial charge is 0.227 e. The van der Waals surface area contributed by atoms with Gasteiger partial charge in [-0.3, -0.25) is 0 Å². The lowest BCUT2D eigenvalue weighted by molar-refractivity contribution is 0.617. The van der Waals surface area contributed by atoms with Crippen molar-refractivity contribution in [3.05, 3.63) is 181 Å². The van der Waals surface area contributed by atoms with Gasteiger partial charge in [-0.25, -0.2) is 4.98 Å². The Hall–Kier alpha value is -6.91. The average Bonchev–Trinajstić information content (AvgIpc) is 3.87. The van der Waals surface area contributed by atoms with Gasteiger partial charge in [-0.1, -0.05) is 135 Å². The third-order valence-corrected chi connectivity index (χ3v) is 11.3. The molecule has 0 unspecified atom stereocenters. The minimum absolute atomic E-state index is 0.161. The molecule has 2 aromatic heterocycles. The van der Waals surface area contributed by atoms with Crippen molar-refractivity contribution in [2.24, 2.45) is 0 Å². The van der Waals surface area contributed by atoms with Crippen LogP contribution in [0.5, 0.6) is 0 Å². The van der Waals surface area contributed by atoms with E-state index in [1.807, 2.05) is 36.4 Å². The molecule has 256 valence electrons. The molecule has 0 saturated carbocycles. The van der Waals surface area contributed by atoms with Gasteiger partial charge in [0.1, 0.15) is 16.7 Å². The van der Waals surface area contributed by atoms with Crippen molar-refractivity contribution in [1.82, 2.24) is 4.98 Å². The zero-order valence-corrected chi connectivity index (χ0v) is 29.9. The van der Waals surface area contributed by atoms with Gasteiger partial charge in [0, 0.05) is 33.6 Å². The second kappa shape index (κ2) is 11.5. The Labute approximate surface area is 312 Å². The number of rotatable bonds is 5. The van der Waals surface area contributed by atoms with E-state index < -0.39 is 0 Å². The van der Waals surface area contributed by atoms with Crippen LogP contribution in [0.3, 0.4) is 0 Å². The predicted octanol–water partition coefficient (Wildman–Crippen LogP) is 14.0. The highest BCUT2D eigenvalue weighted by Gasteiger charge is 2.38. The molecule has 0 spiro atoms. The second-order valence-corrected chi connectivity index (χ2v) is 14.7. The van der Waals surface area contributed by atoms with Crippen molar-refractivity contribution in [2.45, 2.75) is 19.3 Å². The fourth-order valence-corrected chi connectivity index (χ4v) is 8.79. The van der Waals surface area contributed by atoms with Crippen LogP contribution in [0.4, 0.5) is 17.1 Å². The van der Waals surface area contributed by atoms with E-state index in [9.17, 15) is 0 Å². The topological polar surface area (TPSA) is 42.4 Å². The van der Waals surface area contributed by atoms with Gasteiger partial charge in [-0.2, -0.15) is 0 Å². The van der Waals surface area contributed by atoms with Crippen molar-refractivity contribution in [3.63, 3.8) is 0 Å². The zero-order valence-electron chi connectivity index (χ0n) is 29.9. The maximum atomic E-state index is 6.68. The molecule has 0 bridgehead atoms. The Kier molecular flexibility index (Phi) is 6.56. The minimum atomic E-state index is -0.161. The van der Waals surface area contributed by atoms with E-state index in [1.54, 1.807) is 0 Å². The Balaban J connectivity index is 1.23. The van der Waals surface area contributed by atoms with Crippen LogP contribution < -0.4 is 4.90 Å². The van der Waals surface area contributed by atoms with Gasteiger partial charge < -0.3 is 13.7 Å². The van der Waals surface area contributed by atoms with E-state index in [1.165, 1.54) is 38.6 Å². The molecule has 10 aromatic rings. The minimum Gasteiger partial charge on any atom is -0.456 e. The molecule has 2 heterocycles. The van der Waals surface area contributed by atoms with Gasteiger partial charge >= 0.3 is 0 Å². The molecule has 8 aromatic carbocycles. The van der Waals surface area contributed by atoms with Crippen LogP contribution >= 0.6 is 0 Å². The Bertz CT molecular complexity index is 3090. The quantitative estimate of drug-likeness (QED) is 0.180. The summed E-state index contributed by atoms with van der Waals surface area (Å²) in [5.74, 6) is 0.592. The molecule has 0 saturated heterocycles. The maximum Gasteiger partial charge on any atom is 0.227 e. The summed E-state index contributed by atoms with van der Waals surface area (Å²) in [6.07, 6.45) is 0. The molecule has 11 rings (SSSR count). The van der Waals surface area contributed by atoms with Gasteiger partial charge in [0.15, 0.2) is 5.58 Å². The van der Waals surface area contributed by atoms with Gasteiger partial charge in [-0.05, 0) is 75.5 Å². The molecular formula is C50H34N2O2. The summed E-state index contributed by atoms with van der Waals surface area (Å²) in [6.45, 7) is 4.68. The van der Waals surface area contributed by atoms with Crippen molar-refractivity contribution in [3.8, 4) is 33.7 Å². The second-order valence-electron chi connectivity index (χ2n) is 14.7. The highest BCUT2D eigenvalue weighted by Crippen LogP contribution is 2.56. The largest absolute Gasteiger partial charge is 0.456 e. The molecule has 4 heteroatoms. The fraction of sp³-hybridized carbons (Fsp3) is 0.0600. The zero-order chi connectivity index (χ0) is 36.0. The van der Waals surface area contributed by atoms with Crippen LogP contribution in [0.2, 0.25) is 0 Å². The Morgan fingerprint density at radius 3 is 2.06 bits per heavy atom. The summed E-state index contributed by atoms with van der Waals surface area (Å²) in [4.78, 5) is 7.43. The lowest BCUT2D eigenvalue weighted by Crippen LogP contribution is -2.16. The molecule has 1 aliphatic carbocycles.